The summed E-state index contributed by atoms with van der Waals surface area (Å²) < 4.78 is 0. The monoisotopic (exact) mass is 352 g/mol. The minimum absolute atomic E-state index is 0.0277. The summed E-state index contributed by atoms with van der Waals surface area (Å²) in [7, 11) is 0. The van der Waals surface area contributed by atoms with Crippen LogP contribution in [0.3, 0.4) is 0 Å². The SMILES string of the molecule is C=CC(=O)N1CCCC(Nc2ccnc3[nH]cc(CC4CCCC4)c23)C1. The van der Waals surface area contributed by atoms with Crippen molar-refractivity contribution < 1.29 is 4.79 Å². The highest BCUT2D eigenvalue weighted by molar-refractivity contribution is 5.92. The lowest BCUT2D eigenvalue weighted by Gasteiger charge is -2.33. The summed E-state index contributed by atoms with van der Waals surface area (Å²) >= 11 is 0. The molecule has 1 saturated heterocycles. The minimum atomic E-state index is 0.0277. The molecule has 5 nitrogen and oxygen atoms in total. The first-order valence-electron chi connectivity index (χ1n) is 9.87. The first-order valence-corrected chi connectivity index (χ1v) is 9.87. The van der Waals surface area contributed by atoms with Crippen LogP contribution in [0.4, 0.5) is 5.69 Å². The predicted molar refractivity (Wildman–Crippen MR) is 105 cm³/mol. The molecule has 26 heavy (non-hydrogen) atoms. The number of H-pyrrole nitrogens is 1. The van der Waals surface area contributed by atoms with E-state index in [0.29, 0.717) is 0 Å². The van der Waals surface area contributed by atoms with Crippen LogP contribution in [0.15, 0.2) is 31.1 Å². The van der Waals surface area contributed by atoms with Crippen LogP contribution >= 0.6 is 0 Å². The van der Waals surface area contributed by atoms with Crippen LogP contribution in [0.1, 0.15) is 44.1 Å². The van der Waals surface area contributed by atoms with Gasteiger partial charge in [-0.3, -0.25) is 4.79 Å². The second kappa shape index (κ2) is 7.52. The first kappa shape index (κ1) is 17.1. The van der Waals surface area contributed by atoms with Crippen LogP contribution in [-0.2, 0) is 11.2 Å². The largest absolute Gasteiger partial charge is 0.380 e. The molecule has 1 aliphatic carbocycles. The van der Waals surface area contributed by atoms with E-state index in [9.17, 15) is 4.79 Å². The van der Waals surface area contributed by atoms with Crippen molar-refractivity contribution in [2.45, 2.75) is 51.0 Å². The molecule has 2 aromatic heterocycles. The molecule has 0 aromatic carbocycles. The summed E-state index contributed by atoms with van der Waals surface area (Å²) in [6.07, 6.45) is 14.1. The lowest BCUT2D eigenvalue weighted by molar-refractivity contribution is -0.127. The normalized spacial score (nSPS) is 21.2. The topological polar surface area (TPSA) is 61.0 Å². The maximum absolute atomic E-state index is 11.9. The Balaban J connectivity index is 1.54. The van der Waals surface area contributed by atoms with E-state index < -0.39 is 0 Å². The van der Waals surface area contributed by atoms with E-state index in [1.54, 1.807) is 0 Å². The standard InChI is InChI=1S/C21H28N4O/c1-2-19(26)25-11-5-8-17(14-25)24-18-9-10-22-21-20(18)16(13-23-21)12-15-6-3-4-7-15/h2,9-10,13,15,17H,1,3-8,11-12,14H2,(H2,22,23,24). The van der Waals surface area contributed by atoms with Gasteiger partial charge in [-0.2, -0.15) is 0 Å². The first-order chi connectivity index (χ1) is 12.7. The molecule has 5 heteroatoms. The lowest BCUT2D eigenvalue weighted by atomic mass is 9.97. The van der Waals surface area contributed by atoms with Crippen LogP contribution in [0.25, 0.3) is 11.0 Å². The van der Waals surface area contributed by atoms with Crippen molar-refractivity contribution in [1.29, 1.82) is 0 Å². The van der Waals surface area contributed by atoms with Crippen molar-refractivity contribution in [2.24, 2.45) is 5.92 Å². The van der Waals surface area contributed by atoms with Gasteiger partial charge in [0.15, 0.2) is 0 Å². The van der Waals surface area contributed by atoms with Crippen LogP contribution in [0, 0.1) is 5.92 Å². The quantitative estimate of drug-likeness (QED) is 0.803. The van der Waals surface area contributed by atoms with E-state index in [-0.39, 0.29) is 11.9 Å². The molecule has 1 unspecified atom stereocenters. The number of likely N-dealkylation sites (tertiary alicyclic amines) is 1. The molecule has 3 heterocycles. The van der Waals surface area contributed by atoms with Gasteiger partial charge in [0.1, 0.15) is 5.65 Å². The van der Waals surface area contributed by atoms with E-state index in [1.807, 2.05) is 11.1 Å². The van der Waals surface area contributed by atoms with E-state index >= 15 is 0 Å². The van der Waals surface area contributed by atoms with E-state index in [4.69, 9.17) is 0 Å². The molecule has 0 spiro atoms. The van der Waals surface area contributed by atoms with Gasteiger partial charge < -0.3 is 15.2 Å². The van der Waals surface area contributed by atoms with Crippen LogP contribution < -0.4 is 5.32 Å². The number of hydrogen-bond donors (Lipinski definition) is 2. The molecular formula is C21H28N4O. The third-order valence-corrected chi connectivity index (χ3v) is 5.91. The summed E-state index contributed by atoms with van der Waals surface area (Å²) in [4.78, 5) is 21.7. The van der Waals surface area contributed by atoms with E-state index in [1.165, 1.54) is 42.7 Å². The molecule has 1 atom stereocenters. The average molecular weight is 352 g/mol. The molecule has 2 fully saturated rings. The fourth-order valence-corrected chi connectivity index (χ4v) is 4.57. The van der Waals surface area contributed by atoms with Gasteiger partial charge in [0.05, 0.1) is 0 Å². The molecule has 1 saturated carbocycles. The number of rotatable bonds is 5. The Morgan fingerprint density at radius 3 is 3.00 bits per heavy atom. The zero-order valence-electron chi connectivity index (χ0n) is 15.3. The summed E-state index contributed by atoms with van der Waals surface area (Å²) in [6, 6.07) is 2.34. The summed E-state index contributed by atoms with van der Waals surface area (Å²) in [5.74, 6) is 0.831. The van der Waals surface area contributed by atoms with Crippen LogP contribution in [0.2, 0.25) is 0 Å². The molecule has 2 aliphatic rings. The Bertz CT molecular complexity index is 790. The number of nitrogens with one attached hydrogen (secondary N) is 2. The van der Waals surface area contributed by atoms with Gasteiger partial charge in [0.2, 0.25) is 5.91 Å². The van der Waals surface area contributed by atoms with Gasteiger partial charge in [-0.05, 0) is 42.9 Å². The molecule has 4 rings (SSSR count). The average Bonchev–Trinajstić information content (AvgIpc) is 3.32. The number of aromatic amines is 1. The highest BCUT2D eigenvalue weighted by atomic mass is 16.2. The number of hydrogen-bond acceptors (Lipinski definition) is 3. The van der Waals surface area contributed by atoms with Crippen molar-refractivity contribution in [3.8, 4) is 0 Å². The van der Waals surface area contributed by atoms with Crippen molar-refractivity contribution >= 4 is 22.6 Å². The number of pyridine rings is 1. The maximum atomic E-state index is 11.9. The van der Waals surface area contributed by atoms with Crippen molar-refractivity contribution in [3.05, 3.63) is 36.7 Å². The van der Waals surface area contributed by atoms with Crippen molar-refractivity contribution in [3.63, 3.8) is 0 Å². The number of carbonyl (C=O) groups excluding carboxylic acids is 1. The molecule has 0 bridgehead atoms. The highest BCUT2D eigenvalue weighted by Crippen LogP contribution is 2.33. The maximum Gasteiger partial charge on any atom is 0.246 e. The van der Waals surface area contributed by atoms with E-state index in [0.717, 1.165) is 49.6 Å². The predicted octanol–water partition coefficient (Wildman–Crippen LogP) is 3.88. The lowest BCUT2D eigenvalue weighted by Crippen LogP contribution is -2.44. The summed E-state index contributed by atoms with van der Waals surface area (Å²) in [5, 5.41) is 4.92. The number of amides is 1. The fraction of sp³-hybridized carbons (Fsp3) is 0.524. The molecule has 2 aromatic rings. The van der Waals surface area contributed by atoms with Crippen LogP contribution in [-0.4, -0.2) is 39.9 Å². The van der Waals surface area contributed by atoms with Gasteiger partial charge in [-0.25, -0.2) is 4.98 Å². The second-order valence-electron chi connectivity index (χ2n) is 7.72. The molecule has 1 amide bonds. The Morgan fingerprint density at radius 1 is 1.35 bits per heavy atom. The third-order valence-electron chi connectivity index (χ3n) is 5.91. The smallest absolute Gasteiger partial charge is 0.246 e. The van der Waals surface area contributed by atoms with Crippen molar-refractivity contribution in [2.75, 3.05) is 18.4 Å². The zero-order valence-corrected chi connectivity index (χ0v) is 15.3. The summed E-state index contributed by atoms with van der Waals surface area (Å²) in [5.41, 5.74) is 3.47. The molecule has 138 valence electrons. The second-order valence-corrected chi connectivity index (χ2v) is 7.72. The van der Waals surface area contributed by atoms with Gasteiger partial charge in [0, 0.05) is 42.6 Å². The van der Waals surface area contributed by atoms with Gasteiger partial charge in [-0.15, -0.1) is 0 Å². The van der Waals surface area contributed by atoms with E-state index in [2.05, 4.69) is 34.1 Å². The number of aromatic nitrogens is 2. The molecule has 0 radical (unpaired) electrons. The molecular weight excluding hydrogens is 324 g/mol. The summed E-state index contributed by atoms with van der Waals surface area (Å²) in [6.45, 7) is 5.17. The number of fused-ring (bicyclic) bond motifs is 1. The Morgan fingerprint density at radius 2 is 2.19 bits per heavy atom. The third kappa shape index (κ3) is 3.48. The Labute approximate surface area is 154 Å². The highest BCUT2D eigenvalue weighted by Gasteiger charge is 2.24. The minimum Gasteiger partial charge on any atom is -0.380 e. The van der Waals surface area contributed by atoms with Gasteiger partial charge in [0.25, 0.3) is 0 Å². The Kier molecular flexibility index (Phi) is 4.96. The van der Waals surface area contributed by atoms with Crippen molar-refractivity contribution in [1.82, 2.24) is 14.9 Å². The zero-order chi connectivity index (χ0) is 17.9. The van der Waals surface area contributed by atoms with Gasteiger partial charge in [-0.1, -0.05) is 32.3 Å². The Hall–Kier alpha value is -2.30. The van der Waals surface area contributed by atoms with Crippen LogP contribution in [0.5, 0.6) is 0 Å². The number of piperidine rings is 1. The fourth-order valence-electron chi connectivity index (χ4n) is 4.57. The van der Waals surface area contributed by atoms with Gasteiger partial charge >= 0.3 is 0 Å². The molecule has 2 N–H and O–H groups in total. The number of carbonyl (C=O) groups is 1. The number of nitrogens with zero attached hydrogens (tertiary/aromatic N) is 2. The number of anilines is 1. The molecule has 1 aliphatic heterocycles.